The third kappa shape index (κ3) is 3.35. The fraction of sp³-hybridized carbons (Fsp3) is 0.538. The van der Waals surface area contributed by atoms with Gasteiger partial charge < -0.3 is 10.2 Å². The Balaban J connectivity index is 1.84. The summed E-state index contributed by atoms with van der Waals surface area (Å²) in [4.78, 5) is 2.52. The molecule has 88 valence electrons. The number of rotatable bonds is 3. The van der Waals surface area contributed by atoms with Gasteiger partial charge in [0.05, 0.1) is 0 Å². The number of hydrogen-bond donors (Lipinski definition) is 1. The summed E-state index contributed by atoms with van der Waals surface area (Å²) >= 11 is 2.34. The lowest BCUT2D eigenvalue weighted by Crippen LogP contribution is -2.38. The molecule has 0 aliphatic carbocycles. The van der Waals surface area contributed by atoms with Gasteiger partial charge >= 0.3 is 0 Å². The van der Waals surface area contributed by atoms with Gasteiger partial charge in [-0.1, -0.05) is 6.92 Å². The van der Waals surface area contributed by atoms with E-state index >= 15 is 0 Å². The first kappa shape index (κ1) is 12.2. The first-order valence-electron chi connectivity index (χ1n) is 6.02. The smallest absolute Gasteiger partial charge is 0.0343 e. The first-order chi connectivity index (χ1) is 7.78. The molecule has 1 fully saturated rings. The second kappa shape index (κ2) is 5.87. The zero-order chi connectivity index (χ0) is 11.4. The number of nitrogens with one attached hydrogen (secondary N) is 1. The van der Waals surface area contributed by atoms with E-state index in [4.69, 9.17) is 0 Å². The van der Waals surface area contributed by atoms with Gasteiger partial charge in [0, 0.05) is 28.4 Å². The van der Waals surface area contributed by atoms with Gasteiger partial charge in [0.1, 0.15) is 0 Å². The second-order valence-corrected chi connectivity index (χ2v) is 5.61. The van der Waals surface area contributed by atoms with E-state index in [0.29, 0.717) is 6.04 Å². The first-order valence-corrected chi connectivity index (χ1v) is 7.10. The van der Waals surface area contributed by atoms with Crippen LogP contribution in [0.1, 0.15) is 19.8 Å². The van der Waals surface area contributed by atoms with E-state index < -0.39 is 0 Å². The summed E-state index contributed by atoms with van der Waals surface area (Å²) in [7, 11) is 0. The van der Waals surface area contributed by atoms with Crippen LogP contribution in [-0.4, -0.2) is 30.6 Å². The maximum Gasteiger partial charge on any atom is 0.0343 e. The van der Waals surface area contributed by atoms with Crippen LogP contribution in [0.2, 0.25) is 0 Å². The Morgan fingerprint density at radius 1 is 1.25 bits per heavy atom. The Hall–Kier alpha value is -0.290. The van der Waals surface area contributed by atoms with Crippen molar-refractivity contribution in [1.29, 1.82) is 0 Å². The third-order valence-corrected chi connectivity index (χ3v) is 3.97. The number of benzene rings is 1. The van der Waals surface area contributed by atoms with Crippen molar-refractivity contribution in [3.63, 3.8) is 0 Å². The molecular weight excluding hydrogens is 311 g/mol. The number of piperidine rings is 1. The van der Waals surface area contributed by atoms with Crippen LogP contribution in [0.5, 0.6) is 0 Å². The monoisotopic (exact) mass is 330 g/mol. The Morgan fingerprint density at radius 2 is 1.88 bits per heavy atom. The fourth-order valence-electron chi connectivity index (χ4n) is 2.18. The lowest BCUT2D eigenvalue weighted by molar-refractivity contribution is 0.229. The van der Waals surface area contributed by atoms with Crippen LogP contribution in [0.15, 0.2) is 24.3 Å². The normalized spacial score (nSPS) is 18.6. The summed E-state index contributed by atoms with van der Waals surface area (Å²) in [5.41, 5.74) is 1.26. The summed E-state index contributed by atoms with van der Waals surface area (Å²) in [5.74, 6) is 0. The van der Waals surface area contributed by atoms with Crippen LogP contribution in [0.25, 0.3) is 0 Å². The van der Waals surface area contributed by atoms with E-state index in [1.165, 1.54) is 41.7 Å². The molecule has 0 unspecified atom stereocenters. The molecule has 2 nitrogen and oxygen atoms in total. The Labute approximate surface area is 112 Å². The van der Waals surface area contributed by atoms with Crippen LogP contribution in [0, 0.1) is 3.57 Å². The van der Waals surface area contributed by atoms with Crippen LogP contribution in [-0.2, 0) is 0 Å². The minimum absolute atomic E-state index is 0.655. The molecule has 0 saturated carbocycles. The molecule has 1 saturated heterocycles. The number of halogens is 1. The van der Waals surface area contributed by atoms with Crippen molar-refractivity contribution in [3.05, 3.63) is 27.8 Å². The molecule has 0 bridgehead atoms. The molecule has 1 aliphatic rings. The third-order valence-electron chi connectivity index (χ3n) is 3.25. The topological polar surface area (TPSA) is 15.3 Å². The molecule has 0 atom stereocenters. The van der Waals surface area contributed by atoms with Gasteiger partial charge in [0.2, 0.25) is 0 Å². The van der Waals surface area contributed by atoms with Crippen molar-refractivity contribution in [3.8, 4) is 0 Å². The summed E-state index contributed by atoms with van der Waals surface area (Å²) < 4.78 is 1.30. The maximum atomic E-state index is 3.62. The van der Waals surface area contributed by atoms with Gasteiger partial charge in [0.25, 0.3) is 0 Å². The number of likely N-dealkylation sites (tertiary alicyclic amines) is 1. The number of nitrogens with zero attached hydrogens (tertiary/aromatic N) is 1. The predicted molar refractivity (Wildman–Crippen MR) is 77.9 cm³/mol. The zero-order valence-corrected chi connectivity index (χ0v) is 11.9. The van der Waals surface area contributed by atoms with E-state index in [9.17, 15) is 0 Å². The van der Waals surface area contributed by atoms with Crippen molar-refractivity contribution in [2.24, 2.45) is 0 Å². The highest BCUT2D eigenvalue weighted by atomic mass is 127. The van der Waals surface area contributed by atoms with Crippen LogP contribution in [0.4, 0.5) is 5.69 Å². The van der Waals surface area contributed by atoms with Gasteiger partial charge in [-0.25, -0.2) is 0 Å². The maximum absolute atomic E-state index is 3.62. The lowest BCUT2D eigenvalue weighted by atomic mass is 10.0. The molecule has 0 radical (unpaired) electrons. The number of hydrogen-bond acceptors (Lipinski definition) is 2. The second-order valence-electron chi connectivity index (χ2n) is 4.36. The summed E-state index contributed by atoms with van der Waals surface area (Å²) in [6.45, 7) is 5.90. The SMILES string of the molecule is CCN1CCC(Nc2ccc(I)cc2)CC1. The van der Waals surface area contributed by atoms with E-state index in [1.807, 2.05) is 0 Å². The van der Waals surface area contributed by atoms with E-state index in [0.717, 1.165) is 0 Å². The molecule has 1 aromatic carbocycles. The quantitative estimate of drug-likeness (QED) is 0.857. The molecule has 3 heteroatoms. The van der Waals surface area contributed by atoms with E-state index in [1.54, 1.807) is 0 Å². The Kier molecular flexibility index (Phi) is 4.46. The summed E-state index contributed by atoms with van der Waals surface area (Å²) in [6, 6.07) is 9.32. The molecule has 2 rings (SSSR count). The molecule has 0 spiro atoms. The minimum Gasteiger partial charge on any atom is -0.382 e. The van der Waals surface area contributed by atoms with Crippen LogP contribution >= 0.6 is 22.6 Å². The van der Waals surface area contributed by atoms with E-state index in [-0.39, 0.29) is 0 Å². The highest BCUT2D eigenvalue weighted by Crippen LogP contribution is 2.17. The van der Waals surface area contributed by atoms with Gasteiger partial charge in [-0.05, 0) is 66.2 Å². The molecule has 1 aromatic rings. The summed E-state index contributed by atoms with van der Waals surface area (Å²) in [5, 5.41) is 3.62. The molecule has 16 heavy (non-hydrogen) atoms. The Bertz CT molecular complexity index is 315. The van der Waals surface area contributed by atoms with E-state index in [2.05, 4.69) is 64.0 Å². The van der Waals surface area contributed by atoms with Crippen molar-refractivity contribution in [2.45, 2.75) is 25.8 Å². The largest absolute Gasteiger partial charge is 0.382 e. The fourth-order valence-corrected chi connectivity index (χ4v) is 2.53. The highest BCUT2D eigenvalue weighted by Gasteiger charge is 2.17. The van der Waals surface area contributed by atoms with Gasteiger partial charge in [0.15, 0.2) is 0 Å². The highest BCUT2D eigenvalue weighted by molar-refractivity contribution is 14.1. The van der Waals surface area contributed by atoms with Gasteiger partial charge in [-0.15, -0.1) is 0 Å². The van der Waals surface area contributed by atoms with Gasteiger partial charge in [-0.2, -0.15) is 0 Å². The molecule has 1 heterocycles. The molecule has 1 aliphatic heterocycles. The Morgan fingerprint density at radius 3 is 2.44 bits per heavy atom. The van der Waals surface area contributed by atoms with Crippen molar-refractivity contribution < 1.29 is 0 Å². The average molecular weight is 330 g/mol. The molecule has 1 N–H and O–H groups in total. The standard InChI is InChI=1S/C13H19IN2/c1-2-16-9-7-13(8-10-16)15-12-5-3-11(14)4-6-12/h3-6,13,15H,2,7-10H2,1H3. The molecule has 0 amide bonds. The number of anilines is 1. The molecule has 0 aromatic heterocycles. The molecular formula is C13H19IN2. The van der Waals surface area contributed by atoms with Crippen molar-refractivity contribution >= 4 is 28.3 Å². The predicted octanol–water partition coefficient (Wildman–Crippen LogP) is 3.19. The van der Waals surface area contributed by atoms with Crippen molar-refractivity contribution in [1.82, 2.24) is 4.90 Å². The minimum atomic E-state index is 0.655. The van der Waals surface area contributed by atoms with Crippen LogP contribution in [0.3, 0.4) is 0 Å². The zero-order valence-electron chi connectivity index (χ0n) is 9.75. The van der Waals surface area contributed by atoms with Crippen molar-refractivity contribution in [2.75, 3.05) is 25.0 Å². The average Bonchev–Trinajstić information content (AvgIpc) is 2.33. The van der Waals surface area contributed by atoms with Crippen LogP contribution < -0.4 is 5.32 Å². The lowest BCUT2D eigenvalue weighted by Gasteiger charge is -2.32. The van der Waals surface area contributed by atoms with Gasteiger partial charge in [-0.3, -0.25) is 0 Å². The summed E-state index contributed by atoms with van der Waals surface area (Å²) in [6.07, 6.45) is 2.53.